The Kier molecular flexibility index (Phi) is 4.09. The van der Waals surface area contributed by atoms with E-state index in [1.165, 1.54) is 16.3 Å². The molecule has 2 heteroatoms. The largest absolute Gasteiger partial charge is 0.354 e. The van der Waals surface area contributed by atoms with Gasteiger partial charge in [-0.15, -0.1) is 0 Å². The van der Waals surface area contributed by atoms with E-state index in [4.69, 9.17) is 0 Å². The van der Waals surface area contributed by atoms with Crippen molar-refractivity contribution in [3.8, 4) is 0 Å². The fraction of sp³-hybridized carbons (Fsp3) is 0.0435. The van der Waals surface area contributed by atoms with Crippen LogP contribution < -0.4 is 10.6 Å². The molecule has 0 amide bonds. The second-order valence-electron chi connectivity index (χ2n) is 6.19. The summed E-state index contributed by atoms with van der Waals surface area (Å²) in [7, 11) is 0. The third-order valence-corrected chi connectivity index (χ3v) is 4.29. The van der Waals surface area contributed by atoms with E-state index < -0.39 is 0 Å². The molecule has 0 heterocycles. The van der Waals surface area contributed by atoms with Gasteiger partial charge in [-0.05, 0) is 48.2 Å². The lowest BCUT2D eigenvalue weighted by Crippen LogP contribution is -1.98. The van der Waals surface area contributed by atoms with Gasteiger partial charge in [0.25, 0.3) is 0 Å². The number of hydrogen-bond acceptors (Lipinski definition) is 2. The minimum Gasteiger partial charge on any atom is -0.354 e. The molecular formula is C23H20N2. The van der Waals surface area contributed by atoms with Crippen molar-refractivity contribution in [3.63, 3.8) is 0 Å². The Bertz CT molecular complexity index is 1000. The van der Waals surface area contributed by atoms with Crippen molar-refractivity contribution in [1.29, 1.82) is 0 Å². The maximum atomic E-state index is 3.61. The average Bonchev–Trinajstić information content (AvgIpc) is 2.65. The Morgan fingerprint density at radius 1 is 0.560 bits per heavy atom. The summed E-state index contributed by atoms with van der Waals surface area (Å²) < 4.78 is 0. The van der Waals surface area contributed by atoms with Crippen LogP contribution in [0.1, 0.15) is 5.56 Å². The van der Waals surface area contributed by atoms with Crippen LogP contribution in [0.3, 0.4) is 0 Å². The van der Waals surface area contributed by atoms with Gasteiger partial charge in [-0.3, -0.25) is 0 Å². The number of rotatable bonds is 4. The Morgan fingerprint density at radius 3 is 2.20 bits per heavy atom. The number of benzene rings is 4. The monoisotopic (exact) mass is 324 g/mol. The van der Waals surface area contributed by atoms with Crippen LogP contribution in [-0.2, 0) is 0 Å². The minimum absolute atomic E-state index is 1.06. The zero-order valence-corrected chi connectivity index (χ0v) is 14.2. The van der Waals surface area contributed by atoms with E-state index in [2.05, 4.69) is 90.4 Å². The van der Waals surface area contributed by atoms with Gasteiger partial charge in [-0.2, -0.15) is 0 Å². The number of fused-ring (bicyclic) bond motifs is 1. The quantitative estimate of drug-likeness (QED) is 0.440. The molecule has 0 aromatic heterocycles. The predicted octanol–water partition coefficient (Wildman–Crippen LogP) is 6.64. The number of nitrogens with one attached hydrogen (secondary N) is 2. The van der Waals surface area contributed by atoms with E-state index in [0.717, 1.165) is 22.7 Å². The van der Waals surface area contributed by atoms with Gasteiger partial charge in [0.05, 0.1) is 11.4 Å². The zero-order valence-electron chi connectivity index (χ0n) is 14.2. The number of aryl methyl sites for hydroxylation is 1. The third kappa shape index (κ3) is 3.33. The van der Waals surface area contributed by atoms with E-state index in [0.29, 0.717) is 0 Å². The highest BCUT2D eigenvalue weighted by atomic mass is 15.0. The Morgan fingerprint density at radius 2 is 1.32 bits per heavy atom. The highest BCUT2D eigenvalue weighted by Crippen LogP contribution is 2.32. The van der Waals surface area contributed by atoms with Gasteiger partial charge in [0.2, 0.25) is 0 Å². The van der Waals surface area contributed by atoms with Crippen molar-refractivity contribution in [2.75, 3.05) is 10.6 Å². The molecule has 0 aliphatic heterocycles. The molecule has 0 saturated carbocycles. The second kappa shape index (κ2) is 6.70. The SMILES string of the molecule is Cc1ccc(Nc2ccccc2)c(Nc2cccc3ccccc23)c1. The highest BCUT2D eigenvalue weighted by Gasteiger charge is 2.06. The summed E-state index contributed by atoms with van der Waals surface area (Å²) in [5.74, 6) is 0. The van der Waals surface area contributed by atoms with Crippen molar-refractivity contribution in [2.24, 2.45) is 0 Å². The van der Waals surface area contributed by atoms with E-state index in [-0.39, 0.29) is 0 Å². The number of hydrogen-bond donors (Lipinski definition) is 2. The van der Waals surface area contributed by atoms with E-state index in [1.54, 1.807) is 0 Å². The molecule has 25 heavy (non-hydrogen) atoms. The van der Waals surface area contributed by atoms with Crippen LogP contribution in [0.4, 0.5) is 22.7 Å². The van der Waals surface area contributed by atoms with Gasteiger partial charge >= 0.3 is 0 Å². The first-order chi connectivity index (χ1) is 12.3. The average molecular weight is 324 g/mol. The smallest absolute Gasteiger partial charge is 0.0626 e. The highest BCUT2D eigenvalue weighted by molar-refractivity contribution is 5.96. The molecule has 0 aliphatic rings. The Balaban J connectivity index is 1.73. The van der Waals surface area contributed by atoms with Gasteiger partial charge in [0, 0.05) is 16.8 Å². The molecule has 0 unspecified atom stereocenters. The molecular weight excluding hydrogens is 304 g/mol. The molecule has 0 radical (unpaired) electrons. The third-order valence-electron chi connectivity index (χ3n) is 4.29. The van der Waals surface area contributed by atoms with Crippen molar-refractivity contribution in [1.82, 2.24) is 0 Å². The molecule has 0 bridgehead atoms. The Hall–Kier alpha value is -3.26. The molecule has 0 saturated heterocycles. The molecule has 2 N–H and O–H groups in total. The summed E-state index contributed by atoms with van der Waals surface area (Å²) in [6.45, 7) is 2.11. The molecule has 4 aromatic carbocycles. The lowest BCUT2D eigenvalue weighted by Gasteiger charge is -2.16. The lowest BCUT2D eigenvalue weighted by atomic mass is 10.1. The van der Waals surface area contributed by atoms with Crippen LogP contribution in [-0.4, -0.2) is 0 Å². The topological polar surface area (TPSA) is 24.1 Å². The summed E-state index contributed by atoms with van der Waals surface area (Å²) in [6, 6.07) is 31.4. The summed E-state index contributed by atoms with van der Waals surface area (Å²) in [4.78, 5) is 0. The van der Waals surface area contributed by atoms with E-state index >= 15 is 0 Å². The van der Waals surface area contributed by atoms with Crippen LogP contribution in [0.25, 0.3) is 10.8 Å². The van der Waals surface area contributed by atoms with Crippen LogP contribution in [0.2, 0.25) is 0 Å². The standard InChI is InChI=1S/C23H20N2/c1-17-14-15-22(24-19-10-3-2-4-11-19)23(16-17)25-21-13-7-9-18-8-5-6-12-20(18)21/h2-16,24-25H,1H3. The van der Waals surface area contributed by atoms with Gasteiger partial charge in [0.1, 0.15) is 0 Å². The summed E-state index contributed by atoms with van der Waals surface area (Å²) in [6.07, 6.45) is 0. The van der Waals surface area contributed by atoms with Gasteiger partial charge in [0.15, 0.2) is 0 Å². The zero-order chi connectivity index (χ0) is 17.1. The van der Waals surface area contributed by atoms with Crippen LogP contribution in [0.15, 0.2) is 91.0 Å². The number of para-hydroxylation sites is 1. The molecule has 2 nitrogen and oxygen atoms in total. The summed E-state index contributed by atoms with van der Waals surface area (Å²) >= 11 is 0. The first kappa shape index (κ1) is 15.3. The van der Waals surface area contributed by atoms with Crippen LogP contribution >= 0.6 is 0 Å². The van der Waals surface area contributed by atoms with Crippen LogP contribution in [0.5, 0.6) is 0 Å². The van der Waals surface area contributed by atoms with Gasteiger partial charge in [-0.1, -0.05) is 60.7 Å². The van der Waals surface area contributed by atoms with Crippen molar-refractivity contribution in [3.05, 3.63) is 96.6 Å². The molecule has 0 aliphatic carbocycles. The first-order valence-corrected chi connectivity index (χ1v) is 8.47. The van der Waals surface area contributed by atoms with Crippen molar-refractivity contribution < 1.29 is 0 Å². The second-order valence-corrected chi connectivity index (χ2v) is 6.19. The van der Waals surface area contributed by atoms with E-state index in [1.807, 2.05) is 18.2 Å². The minimum atomic E-state index is 1.06. The maximum absolute atomic E-state index is 3.61. The van der Waals surface area contributed by atoms with Gasteiger partial charge in [-0.25, -0.2) is 0 Å². The molecule has 0 atom stereocenters. The van der Waals surface area contributed by atoms with Gasteiger partial charge < -0.3 is 10.6 Å². The predicted molar refractivity (Wildman–Crippen MR) is 108 cm³/mol. The fourth-order valence-corrected chi connectivity index (χ4v) is 3.03. The number of anilines is 4. The molecule has 122 valence electrons. The first-order valence-electron chi connectivity index (χ1n) is 8.47. The van der Waals surface area contributed by atoms with Crippen molar-refractivity contribution >= 4 is 33.5 Å². The molecule has 4 rings (SSSR count). The lowest BCUT2D eigenvalue weighted by molar-refractivity contribution is 1.43. The van der Waals surface area contributed by atoms with Crippen LogP contribution in [0, 0.1) is 6.92 Å². The normalized spacial score (nSPS) is 10.6. The summed E-state index contributed by atoms with van der Waals surface area (Å²) in [5, 5.41) is 9.57. The van der Waals surface area contributed by atoms with Crippen molar-refractivity contribution in [2.45, 2.75) is 6.92 Å². The van der Waals surface area contributed by atoms with E-state index in [9.17, 15) is 0 Å². The molecule has 0 spiro atoms. The summed E-state index contributed by atoms with van der Waals surface area (Å²) in [5.41, 5.74) is 5.54. The fourth-order valence-electron chi connectivity index (χ4n) is 3.03. The molecule has 4 aromatic rings. The molecule has 0 fully saturated rings. The Labute approximate surface area is 148 Å². The maximum Gasteiger partial charge on any atom is 0.0626 e.